The van der Waals surface area contributed by atoms with Crippen molar-refractivity contribution >= 4 is 27.3 Å². The van der Waals surface area contributed by atoms with Gasteiger partial charge in [-0.2, -0.15) is 0 Å². The Kier molecular flexibility index (Phi) is 5.10. The summed E-state index contributed by atoms with van der Waals surface area (Å²) >= 11 is 5.10. The lowest BCUT2D eigenvalue weighted by Crippen LogP contribution is -1.55. The average molecular weight is 207 g/mol. The summed E-state index contributed by atoms with van der Waals surface area (Å²) in [5.41, 5.74) is 1.32. The molecule has 0 radical (unpaired) electrons. The van der Waals surface area contributed by atoms with Crippen molar-refractivity contribution in [3.63, 3.8) is 0 Å². The van der Waals surface area contributed by atoms with E-state index in [-0.39, 0.29) is 0 Å². The smallest absolute Gasteiger partial charge is 0.0727 e. The summed E-state index contributed by atoms with van der Waals surface area (Å²) < 4.78 is 1.24. The topological polar surface area (TPSA) is 0 Å². The molecule has 0 unspecified atom stereocenters. The summed E-state index contributed by atoms with van der Waals surface area (Å²) in [7, 11) is 0. The number of aryl methyl sites for hydroxylation is 1. The lowest BCUT2D eigenvalue weighted by atomic mass is 10.4. The minimum atomic E-state index is 1.24. The third-order valence-corrected chi connectivity index (χ3v) is 2.79. The Hall–Kier alpha value is 0.180. The summed E-state index contributed by atoms with van der Waals surface area (Å²) in [6, 6.07) is 2.09. The van der Waals surface area contributed by atoms with Crippen molar-refractivity contribution in [1.29, 1.82) is 0 Å². The van der Waals surface area contributed by atoms with Gasteiger partial charge in [-0.15, -0.1) is 11.3 Å². The normalized spacial score (nSPS) is 8.00. The highest BCUT2D eigenvalue weighted by molar-refractivity contribution is 9.11. The van der Waals surface area contributed by atoms with Crippen LogP contribution in [0.3, 0.4) is 0 Å². The predicted molar refractivity (Wildman–Crippen MR) is 48.1 cm³/mol. The number of thiophene rings is 1. The molecule has 1 aromatic rings. The Labute approximate surface area is 69.0 Å². The van der Waals surface area contributed by atoms with Crippen molar-refractivity contribution in [2.75, 3.05) is 0 Å². The van der Waals surface area contributed by atoms with Gasteiger partial charge in [-0.3, -0.25) is 0 Å². The van der Waals surface area contributed by atoms with E-state index >= 15 is 0 Å². The summed E-state index contributed by atoms with van der Waals surface area (Å²) in [5.74, 6) is 0. The molecule has 0 aliphatic carbocycles. The van der Waals surface area contributed by atoms with Crippen molar-refractivity contribution < 1.29 is 0 Å². The first-order valence-electron chi connectivity index (χ1n) is 3.00. The maximum Gasteiger partial charge on any atom is 0.0727 e. The highest BCUT2D eigenvalue weighted by atomic mass is 79.9. The van der Waals surface area contributed by atoms with Crippen LogP contribution in [0, 0.1) is 6.92 Å². The fraction of sp³-hybridized carbons (Fsp3) is 0.429. The van der Waals surface area contributed by atoms with Crippen molar-refractivity contribution in [2.24, 2.45) is 0 Å². The van der Waals surface area contributed by atoms with Crippen LogP contribution in [0.15, 0.2) is 15.2 Å². The van der Waals surface area contributed by atoms with Gasteiger partial charge in [0.2, 0.25) is 0 Å². The van der Waals surface area contributed by atoms with Crippen LogP contribution < -0.4 is 0 Å². The van der Waals surface area contributed by atoms with Crippen molar-refractivity contribution in [3.8, 4) is 0 Å². The van der Waals surface area contributed by atoms with Gasteiger partial charge in [0.25, 0.3) is 0 Å². The fourth-order valence-electron chi connectivity index (χ4n) is 0.354. The molecule has 0 aromatic carbocycles. The summed E-state index contributed by atoms with van der Waals surface area (Å²) in [5, 5.41) is 2.07. The van der Waals surface area contributed by atoms with Crippen molar-refractivity contribution in [2.45, 2.75) is 20.8 Å². The molecule has 1 heterocycles. The second kappa shape index (κ2) is 5.00. The highest BCUT2D eigenvalue weighted by Crippen LogP contribution is 2.21. The highest BCUT2D eigenvalue weighted by Gasteiger charge is 1.89. The van der Waals surface area contributed by atoms with Crippen LogP contribution in [-0.2, 0) is 0 Å². The second-order valence-electron chi connectivity index (χ2n) is 1.38. The molecule has 0 aliphatic heterocycles. The van der Waals surface area contributed by atoms with Crippen LogP contribution in [0.1, 0.15) is 19.4 Å². The molecule has 0 spiro atoms. The monoisotopic (exact) mass is 206 g/mol. The number of rotatable bonds is 0. The lowest BCUT2D eigenvalue weighted by Gasteiger charge is -1.77. The first-order chi connectivity index (χ1) is 4.30. The van der Waals surface area contributed by atoms with Crippen LogP contribution in [0.4, 0.5) is 0 Å². The van der Waals surface area contributed by atoms with Gasteiger partial charge in [-0.05, 0) is 39.9 Å². The van der Waals surface area contributed by atoms with Gasteiger partial charge in [0.1, 0.15) is 0 Å². The molecule has 52 valence electrons. The maximum atomic E-state index is 3.38. The molecular weight excluding hydrogens is 196 g/mol. The molecule has 1 rings (SSSR count). The largest absolute Gasteiger partial charge is 0.137 e. The molecule has 0 fully saturated rings. The summed E-state index contributed by atoms with van der Waals surface area (Å²) in [4.78, 5) is 0. The van der Waals surface area contributed by atoms with Crippen LogP contribution in [0.25, 0.3) is 0 Å². The number of hydrogen-bond acceptors (Lipinski definition) is 1. The average Bonchev–Trinajstić information content (AvgIpc) is 2.23. The van der Waals surface area contributed by atoms with Gasteiger partial charge in [-0.25, -0.2) is 0 Å². The summed E-state index contributed by atoms with van der Waals surface area (Å²) in [6.45, 7) is 6.08. The molecule has 0 saturated heterocycles. The van der Waals surface area contributed by atoms with E-state index in [0.717, 1.165) is 0 Å². The standard InChI is InChI=1S/C5H5BrS.C2H6/c1-4-2-3-7-5(4)6;1-2/h2-3H,1H3;1-2H3. The Bertz CT molecular complexity index is 141. The van der Waals surface area contributed by atoms with Crippen LogP contribution in [0.5, 0.6) is 0 Å². The van der Waals surface area contributed by atoms with Crippen molar-refractivity contribution in [1.82, 2.24) is 0 Å². The minimum Gasteiger partial charge on any atom is -0.137 e. The third-order valence-electron chi connectivity index (χ3n) is 0.800. The molecule has 0 amide bonds. The quantitative estimate of drug-likeness (QED) is 0.606. The molecule has 0 saturated carbocycles. The molecule has 0 aliphatic rings. The first-order valence-corrected chi connectivity index (χ1v) is 4.67. The van der Waals surface area contributed by atoms with E-state index in [1.165, 1.54) is 9.35 Å². The van der Waals surface area contributed by atoms with Gasteiger partial charge in [0.05, 0.1) is 3.79 Å². The van der Waals surface area contributed by atoms with E-state index in [0.29, 0.717) is 0 Å². The maximum absolute atomic E-state index is 3.38. The zero-order chi connectivity index (χ0) is 7.28. The van der Waals surface area contributed by atoms with E-state index in [9.17, 15) is 0 Å². The van der Waals surface area contributed by atoms with Crippen LogP contribution in [-0.4, -0.2) is 0 Å². The van der Waals surface area contributed by atoms with Gasteiger partial charge >= 0.3 is 0 Å². The van der Waals surface area contributed by atoms with E-state index in [1.54, 1.807) is 11.3 Å². The molecule has 1 aromatic heterocycles. The van der Waals surface area contributed by atoms with Crippen LogP contribution >= 0.6 is 27.3 Å². The van der Waals surface area contributed by atoms with Gasteiger partial charge < -0.3 is 0 Å². The molecule has 0 bridgehead atoms. The first kappa shape index (κ1) is 9.18. The Balaban J connectivity index is 0.000000291. The minimum absolute atomic E-state index is 1.24. The zero-order valence-corrected chi connectivity index (χ0v) is 8.34. The van der Waals surface area contributed by atoms with E-state index in [2.05, 4.69) is 34.3 Å². The van der Waals surface area contributed by atoms with E-state index < -0.39 is 0 Å². The molecule has 2 heteroatoms. The second-order valence-corrected chi connectivity index (χ2v) is 3.61. The Morgan fingerprint density at radius 3 is 2.11 bits per heavy atom. The van der Waals surface area contributed by atoms with Crippen LogP contribution in [0.2, 0.25) is 0 Å². The molecule has 9 heavy (non-hydrogen) atoms. The molecule has 0 atom stereocenters. The van der Waals surface area contributed by atoms with E-state index in [4.69, 9.17) is 0 Å². The molecule has 0 nitrogen and oxygen atoms in total. The molecular formula is C7H11BrS. The van der Waals surface area contributed by atoms with Gasteiger partial charge in [-0.1, -0.05) is 13.8 Å². The zero-order valence-electron chi connectivity index (χ0n) is 5.94. The Morgan fingerprint density at radius 1 is 1.44 bits per heavy atom. The Morgan fingerprint density at radius 2 is 2.00 bits per heavy atom. The number of halogens is 1. The van der Waals surface area contributed by atoms with Gasteiger partial charge in [0.15, 0.2) is 0 Å². The fourth-order valence-corrected chi connectivity index (χ4v) is 1.46. The third kappa shape index (κ3) is 3.01. The lowest BCUT2D eigenvalue weighted by molar-refractivity contribution is 1.50. The SMILES string of the molecule is CC.Cc1ccsc1Br. The van der Waals surface area contributed by atoms with Crippen molar-refractivity contribution in [3.05, 3.63) is 20.8 Å². The molecule has 0 N–H and O–H groups in total. The van der Waals surface area contributed by atoms with Gasteiger partial charge in [0, 0.05) is 0 Å². The van der Waals surface area contributed by atoms with E-state index in [1.807, 2.05) is 13.8 Å². The number of hydrogen-bond donors (Lipinski definition) is 0. The predicted octanol–water partition coefficient (Wildman–Crippen LogP) is 3.85. The summed E-state index contributed by atoms with van der Waals surface area (Å²) in [6.07, 6.45) is 0.